The molecule has 0 saturated carbocycles. The van der Waals surface area contributed by atoms with Crippen LogP contribution in [0.5, 0.6) is 0 Å². The van der Waals surface area contributed by atoms with Gasteiger partial charge < -0.3 is 4.90 Å². The summed E-state index contributed by atoms with van der Waals surface area (Å²) in [4.78, 5) is 2.41. The van der Waals surface area contributed by atoms with Gasteiger partial charge in [0.1, 0.15) is 0 Å². The van der Waals surface area contributed by atoms with Crippen LogP contribution < -0.4 is 0 Å². The summed E-state index contributed by atoms with van der Waals surface area (Å²) in [5, 5.41) is 0.694. The zero-order chi connectivity index (χ0) is 7.56. The van der Waals surface area contributed by atoms with Crippen molar-refractivity contribution in [2.75, 3.05) is 6.26 Å². The Hall–Kier alpha value is -0.110. The van der Waals surface area contributed by atoms with Gasteiger partial charge in [-0.15, -0.1) is 11.8 Å². The lowest BCUT2D eigenvalue weighted by Crippen LogP contribution is -2.30. The lowest BCUT2D eigenvalue weighted by Gasteiger charge is -2.27. The second-order valence-corrected chi connectivity index (χ2v) is 3.87. The molecule has 58 valence electrons. The highest BCUT2D eigenvalue weighted by Crippen LogP contribution is 2.24. The van der Waals surface area contributed by atoms with Crippen LogP contribution in [0.1, 0.15) is 20.3 Å². The summed E-state index contributed by atoms with van der Waals surface area (Å²) in [7, 11) is 0. The molecule has 0 fully saturated rings. The van der Waals surface area contributed by atoms with Crippen LogP contribution >= 0.6 is 11.8 Å². The highest BCUT2D eigenvalue weighted by atomic mass is 32.2. The molecule has 0 aromatic heterocycles. The SMILES string of the molecule is CS[C@@H]1CC=CN1C(C)C. The fraction of sp³-hybridized carbons (Fsp3) is 0.750. The number of hydrogen-bond donors (Lipinski definition) is 0. The van der Waals surface area contributed by atoms with Crippen LogP contribution in [0.25, 0.3) is 0 Å². The van der Waals surface area contributed by atoms with Gasteiger partial charge in [0.05, 0.1) is 5.37 Å². The molecule has 1 heterocycles. The van der Waals surface area contributed by atoms with E-state index >= 15 is 0 Å². The molecule has 0 aromatic rings. The molecule has 1 aliphatic rings. The molecule has 2 heteroatoms. The first-order valence-electron chi connectivity index (χ1n) is 3.72. The molecule has 0 radical (unpaired) electrons. The van der Waals surface area contributed by atoms with E-state index in [4.69, 9.17) is 0 Å². The van der Waals surface area contributed by atoms with Gasteiger partial charge in [-0.2, -0.15) is 0 Å². The molecule has 0 bridgehead atoms. The predicted molar refractivity (Wildman–Crippen MR) is 48.0 cm³/mol. The van der Waals surface area contributed by atoms with E-state index in [0.29, 0.717) is 11.4 Å². The van der Waals surface area contributed by atoms with Gasteiger partial charge in [0, 0.05) is 6.04 Å². The molecule has 0 amide bonds. The minimum absolute atomic E-state index is 0.649. The highest BCUT2D eigenvalue weighted by molar-refractivity contribution is 7.99. The van der Waals surface area contributed by atoms with Gasteiger partial charge in [0.2, 0.25) is 0 Å². The van der Waals surface area contributed by atoms with Gasteiger partial charge in [0.25, 0.3) is 0 Å². The Balaban J connectivity index is 2.49. The van der Waals surface area contributed by atoms with Gasteiger partial charge in [-0.3, -0.25) is 0 Å². The Labute approximate surface area is 67.5 Å². The maximum Gasteiger partial charge on any atom is 0.0780 e. The minimum atomic E-state index is 0.649. The smallest absolute Gasteiger partial charge is 0.0780 e. The molecule has 10 heavy (non-hydrogen) atoms. The molecule has 1 atom stereocenters. The first kappa shape index (κ1) is 7.99. The van der Waals surface area contributed by atoms with Crippen LogP contribution in [0.4, 0.5) is 0 Å². The summed E-state index contributed by atoms with van der Waals surface area (Å²) in [6.45, 7) is 4.47. The maximum atomic E-state index is 2.41. The lowest BCUT2D eigenvalue weighted by atomic mass is 10.3. The highest BCUT2D eigenvalue weighted by Gasteiger charge is 2.19. The minimum Gasteiger partial charge on any atom is -0.363 e. The third kappa shape index (κ3) is 1.48. The first-order chi connectivity index (χ1) is 4.75. The quantitative estimate of drug-likeness (QED) is 0.605. The predicted octanol–water partition coefficient (Wildman–Crippen LogP) is 2.30. The zero-order valence-corrected chi connectivity index (χ0v) is 7.69. The zero-order valence-electron chi connectivity index (χ0n) is 6.87. The van der Waals surface area contributed by atoms with E-state index < -0.39 is 0 Å². The van der Waals surface area contributed by atoms with Crippen LogP contribution in [0, 0.1) is 0 Å². The molecule has 1 nitrogen and oxygen atoms in total. The molecule has 0 aliphatic carbocycles. The van der Waals surface area contributed by atoms with Crippen LogP contribution in [0.3, 0.4) is 0 Å². The standard InChI is InChI=1S/C8H15NS/c1-7(2)9-6-4-5-8(9)10-3/h4,6-8H,5H2,1-3H3/t8-/m1/s1. The maximum absolute atomic E-state index is 2.41. The largest absolute Gasteiger partial charge is 0.363 e. The third-order valence-electron chi connectivity index (χ3n) is 1.82. The van der Waals surface area contributed by atoms with Crippen molar-refractivity contribution in [3.05, 3.63) is 12.3 Å². The average molecular weight is 157 g/mol. The topological polar surface area (TPSA) is 3.24 Å². The van der Waals surface area contributed by atoms with Gasteiger partial charge in [-0.25, -0.2) is 0 Å². The normalized spacial score (nSPS) is 24.8. The summed E-state index contributed by atoms with van der Waals surface area (Å²) in [6.07, 6.45) is 7.85. The number of rotatable bonds is 2. The van der Waals surface area contributed by atoms with E-state index in [0.717, 1.165) is 0 Å². The number of thioether (sulfide) groups is 1. The summed E-state index contributed by atoms with van der Waals surface area (Å²) >= 11 is 1.93. The van der Waals surface area contributed by atoms with Gasteiger partial charge in [0.15, 0.2) is 0 Å². The second kappa shape index (κ2) is 3.33. The number of hydrogen-bond acceptors (Lipinski definition) is 2. The van der Waals surface area contributed by atoms with E-state index in [1.165, 1.54) is 6.42 Å². The Morgan fingerprint density at radius 3 is 2.70 bits per heavy atom. The van der Waals surface area contributed by atoms with Gasteiger partial charge >= 0.3 is 0 Å². The Bertz CT molecular complexity index is 131. The molecular weight excluding hydrogens is 142 g/mol. The molecule has 0 aromatic carbocycles. The van der Waals surface area contributed by atoms with Crippen molar-refractivity contribution in [1.29, 1.82) is 0 Å². The van der Waals surface area contributed by atoms with E-state index in [9.17, 15) is 0 Å². The van der Waals surface area contributed by atoms with Crippen molar-refractivity contribution in [3.63, 3.8) is 0 Å². The number of nitrogens with zero attached hydrogens (tertiary/aromatic N) is 1. The Morgan fingerprint density at radius 2 is 2.30 bits per heavy atom. The van der Waals surface area contributed by atoms with Crippen molar-refractivity contribution in [3.8, 4) is 0 Å². The van der Waals surface area contributed by atoms with Crippen LogP contribution in [0.2, 0.25) is 0 Å². The van der Waals surface area contributed by atoms with E-state index in [2.05, 4.69) is 37.3 Å². The molecule has 0 spiro atoms. The average Bonchev–Trinajstić information content (AvgIpc) is 2.33. The fourth-order valence-corrected chi connectivity index (χ4v) is 2.10. The monoisotopic (exact) mass is 157 g/mol. The molecule has 1 aliphatic heterocycles. The summed E-state index contributed by atoms with van der Waals surface area (Å²) < 4.78 is 0. The van der Waals surface area contributed by atoms with Crippen molar-refractivity contribution in [1.82, 2.24) is 4.90 Å². The van der Waals surface area contributed by atoms with Crippen molar-refractivity contribution >= 4 is 11.8 Å². The third-order valence-corrected chi connectivity index (χ3v) is 2.80. The molecule has 0 unspecified atom stereocenters. The van der Waals surface area contributed by atoms with Crippen LogP contribution in [0.15, 0.2) is 12.3 Å². The molecule has 0 saturated heterocycles. The fourth-order valence-electron chi connectivity index (χ4n) is 1.24. The van der Waals surface area contributed by atoms with Crippen LogP contribution in [-0.4, -0.2) is 22.6 Å². The van der Waals surface area contributed by atoms with E-state index in [-0.39, 0.29) is 0 Å². The summed E-state index contributed by atoms with van der Waals surface area (Å²) in [6, 6.07) is 0.649. The van der Waals surface area contributed by atoms with Crippen molar-refractivity contribution < 1.29 is 0 Å². The lowest BCUT2D eigenvalue weighted by molar-refractivity contribution is 0.313. The first-order valence-corrected chi connectivity index (χ1v) is 5.01. The molecule has 0 N–H and O–H groups in total. The van der Waals surface area contributed by atoms with Crippen molar-refractivity contribution in [2.45, 2.75) is 31.7 Å². The van der Waals surface area contributed by atoms with Crippen LogP contribution in [-0.2, 0) is 0 Å². The van der Waals surface area contributed by atoms with Crippen molar-refractivity contribution in [2.24, 2.45) is 0 Å². The molecule has 1 rings (SSSR count). The van der Waals surface area contributed by atoms with Gasteiger partial charge in [-0.1, -0.05) is 6.08 Å². The summed E-state index contributed by atoms with van der Waals surface area (Å²) in [5.41, 5.74) is 0. The summed E-state index contributed by atoms with van der Waals surface area (Å²) in [5.74, 6) is 0. The van der Waals surface area contributed by atoms with E-state index in [1.807, 2.05) is 11.8 Å². The van der Waals surface area contributed by atoms with Gasteiger partial charge in [-0.05, 0) is 32.7 Å². The molecular formula is C8H15NS. The Morgan fingerprint density at radius 1 is 1.60 bits per heavy atom. The second-order valence-electron chi connectivity index (χ2n) is 2.85. The Kier molecular flexibility index (Phi) is 2.66. The van der Waals surface area contributed by atoms with E-state index in [1.54, 1.807) is 0 Å².